The largest absolute Gasteiger partial charge is 0.466 e. The summed E-state index contributed by atoms with van der Waals surface area (Å²) in [6.07, 6.45) is 12.3. The van der Waals surface area contributed by atoms with Gasteiger partial charge in [-0.1, -0.05) is 103 Å². The van der Waals surface area contributed by atoms with Gasteiger partial charge in [-0.05, 0) is 213 Å². The van der Waals surface area contributed by atoms with Gasteiger partial charge < -0.3 is 107 Å². The number of anilines is 5. The van der Waals surface area contributed by atoms with Gasteiger partial charge in [0.05, 0.1) is 36.7 Å². The number of nitrogens with one attached hydrogen (secondary N) is 7. The molecule has 0 spiro atoms. The van der Waals surface area contributed by atoms with Crippen LogP contribution in [0.2, 0.25) is 0 Å². The number of benzene rings is 7. The maximum Gasteiger partial charge on any atom is 0.307 e. The Morgan fingerprint density at radius 3 is 1.67 bits per heavy atom. The fourth-order valence-corrected chi connectivity index (χ4v) is 12.0. The maximum atomic E-state index is 11.6. The number of carbonyl (C=O) groups is 5. The monoisotopic (exact) mass is 1620 g/mol. The number of nitrogens with zero attached hydrogens (tertiary/aromatic N) is 5. The first-order valence-corrected chi connectivity index (χ1v) is 41.5. The third kappa shape index (κ3) is 46.5. The number of aromatic nitrogens is 2. The predicted molar refractivity (Wildman–Crippen MR) is 477 cm³/mol. The smallest absolute Gasteiger partial charge is 0.307 e. The van der Waals surface area contributed by atoms with E-state index in [0.717, 1.165) is 177 Å². The molecule has 116 heavy (non-hydrogen) atoms. The highest BCUT2D eigenvalue weighted by atomic mass is 32.2. The normalized spacial score (nSPS) is 14.2. The number of aryl methyl sites for hydroxylation is 2. The summed E-state index contributed by atoms with van der Waals surface area (Å²) in [5.74, 6) is -0.233. The topological polar surface area (TPSA) is 475 Å². The Morgan fingerprint density at radius 2 is 1.19 bits per heavy atom. The van der Waals surface area contributed by atoms with Gasteiger partial charge in [-0.2, -0.15) is 0 Å². The highest BCUT2D eigenvalue weighted by Crippen LogP contribution is 2.20. The fraction of sp³-hybridized carbons (Fsp3) is 0.442. The highest BCUT2D eigenvalue weighted by Gasteiger charge is 2.19. The van der Waals surface area contributed by atoms with Crippen molar-refractivity contribution in [2.45, 2.75) is 110 Å². The molecule has 5 aliphatic rings. The minimum Gasteiger partial charge on any atom is -0.466 e. The van der Waals surface area contributed by atoms with Crippen molar-refractivity contribution in [1.82, 2.24) is 51.7 Å². The summed E-state index contributed by atoms with van der Waals surface area (Å²) < 4.78 is 27.9. The number of hydrogen-bond acceptors (Lipinski definition) is 23. The quantitative estimate of drug-likeness (QED) is 0.0390. The van der Waals surface area contributed by atoms with Gasteiger partial charge in [0, 0.05) is 152 Å². The van der Waals surface area contributed by atoms with Crippen LogP contribution < -0.4 is 98.0 Å². The fourth-order valence-electron chi connectivity index (χ4n) is 11.5. The molecule has 8 aromatic rings. The van der Waals surface area contributed by atoms with E-state index in [1.807, 2.05) is 103 Å². The molecule has 1 atom stereocenters. The van der Waals surface area contributed by atoms with Crippen LogP contribution in [-0.2, 0) is 64.7 Å². The Labute approximate surface area is 690 Å². The van der Waals surface area contributed by atoms with Crippen molar-refractivity contribution in [3.8, 4) is 0 Å². The maximum absolute atomic E-state index is 11.6. The van der Waals surface area contributed by atoms with Crippen LogP contribution in [0.15, 0.2) is 193 Å². The number of amides is 4. The van der Waals surface area contributed by atoms with Crippen LogP contribution >= 0.6 is 0 Å². The van der Waals surface area contributed by atoms with Gasteiger partial charge in [-0.25, -0.2) is 18.5 Å². The first kappa shape index (κ1) is 102. The van der Waals surface area contributed by atoms with Crippen LogP contribution in [0.5, 0.6) is 0 Å². The van der Waals surface area contributed by atoms with Crippen LogP contribution in [0.25, 0.3) is 10.8 Å². The zero-order valence-corrected chi connectivity index (χ0v) is 70.5. The summed E-state index contributed by atoms with van der Waals surface area (Å²) in [5, 5.41) is 28.7. The van der Waals surface area contributed by atoms with Crippen molar-refractivity contribution in [2.24, 2.45) is 39.7 Å². The third-order valence-electron chi connectivity index (χ3n) is 17.9. The molecule has 0 radical (unpaired) electrons. The second-order valence-electron chi connectivity index (χ2n) is 27.0. The number of esters is 1. The number of primary sulfonamides is 1. The number of imidazole rings is 1. The summed E-state index contributed by atoms with van der Waals surface area (Å²) in [7, 11) is 0.175. The minimum atomic E-state index is -3.58. The number of nitrogens with two attached hydrogens (primary N) is 9. The molecule has 0 saturated carbocycles. The summed E-state index contributed by atoms with van der Waals surface area (Å²) in [6, 6.07) is 54.8. The van der Waals surface area contributed by atoms with Crippen LogP contribution in [0.1, 0.15) is 88.5 Å². The molecular formula is C86H137N21O8S. The molecule has 4 saturated heterocycles. The van der Waals surface area contributed by atoms with Gasteiger partial charge in [-0.15, -0.1) is 0 Å². The number of piperidine rings is 1. The van der Waals surface area contributed by atoms with Crippen LogP contribution in [-0.4, -0.2) is 197 Å². The Balaban J connectivity index is 0.000000434. The number of primary amides is 2. The highest BCUT2D eigenvalue weighted by molar-refractivity contribution is 7.89. The second-order valence-corrected chi connectivity index (χ2v) is 28.5. The molecule has 29 nitrogen and oxygen atoms in total. The van der Waals surface area contributed by atoms with Gasteiger partial charge in [0.25, 0.3) is 0 Å². The van der Waals surface area contributed by atoms with E-state index in [0.29, 0.717) is 44.8 Å². The van der Waals surface area contributed by atoms with Gasteiger partial charge in [0.2, 0.25) is 33.7 Å². The van der Waals surface area contributed by atoms with Gasteiger partial charge in [0.15, 0.2) is 0 Å². The first-order chi connectivity index (χ1) is 55.9. The third-order valence-corrected chi connectivity index (χ3v) is 18.8. The van der Waals surface area contributed by atoms with E-state index in [4.69, 9.17) is 51.0 Å². The van der Waals surface area contributed by atoms with E-state index < -0.39 is 10.0 Å². The van der Waals surface area contributed by atoms with Crippen molar-refractivity contribution < 1.29 is 37.1 Å². The first-order valence-electron chi connectivity index (χ1n) is 40.0. The van der Waals surface area contributed by atoms with E-state index in [2.05, 4.69) is 149 Å². The average Bonchev–Trinajstić information content (AvgIpc) is 0.839. The van der Waals surface area contributed by atoms with Crippen molar-refractivity contribution >= 4 is 78.8 Å². The number of fused-ring (bicyclic) bond motifs is 2. The second kappa shape index (κ2) is 63.2. The lowest BCUT2D eigenvalue weighted by atomic mass is 9.98. The summed E-state index contributed by atoms with van der Waals surface area (Å²) in [5.41, 5.74) is 52.2. The molecule has 7 aromatic carbocycles. The lowest BCUT2D eigenvalue weighted by molar-refractivity contribution is -0.143. The molecule has 5 aliphatic heterocycles. The zero-order valence-electron chi connectivity index (χ0n) is 69.7. The number of hydrogen-bond donors (Lipinski definition) is 16. The van der Waals surface area contributed by atoms with E-state index in [1.54, 1.807) is 26.4 Å². The number of piperazine rings is 2. The predicted octanol–water partition coefficient (Wildman–Crippen LogP) is 5.59. The van der Waals surface area contributed by atoms with E-state index in [1.165, 1.54) is 53.2 Å². The number of ether oxygens (including phenoxy) is 1. The van der Waals surface area contributed by atoms with Crippen molar-refractivity contribution in [2.75, 3.05) is 166 Å². The van der Waals surface area contributed by atoms with E-state index in [9.17, 15) is 32.4 Å². The lowest BCUT2D eigenvalue weighted by Gasteiger charge is -2.29. The lowest BCUT2D eigenvalue weighted by Crippen LogP contribution is -2.45. The molecule has 6 heterocycles. The molecule has 640 valence electrons. The molecule has 0 aliphatic carbocycles. The standard InChI is InChI=1S/C14H16N2O.C10H14N2.C10H16N2.C9H11N.C7H9N.C6H11N3.C6H8N2O2S.2C6H12N2O.C5H10N2O.C5H11NO2.C2H7N/c15-8-9-16-14(17)10-12-6-3-5-11-4-1-2-7-13(11)12;1-2-4-10(5-3-1)12-8-6-11-7-9-12;1-3-12(4-2)10-7-5-9(11)6-8-10;1-2-4-9-7-10-6-5-8(9)3-1;1-6-4-2-3-5-7(6)8;7-2-1-4-9-5-3-8-6-9;7-5-1-3-6(4-2-5)11(8,9)10;1-6(9)8-4-2-7-3-5-8;7-6(9)5-1-3-8-4-2-5;6-5(8)4-2-1-3-7-4;1-2-8-5(7)3-4-6;1-3-2/h1-7H,8-10,15H2,(H,16,17);1-5,11H,6-9H2;5-8H,3-4,11H2,1-2H3;1-4,10H,5-7H2;2-5H,8H2,1H3;3,5-6H,1-2,4,7H2;1-4H,7H2,(H2,8,9,10);7H,2-5H2,1H3;5,8H,1-4H2,(H2,7,9);4,7H,1-3H2,(H2,6,8);2-4,6H2,1H3;3H,1-2H3. The van der Waals surface area contributed by atoms with E-state index >= 15 is 0 Å². The number of nitrogen functional groups attached to an aromatic ring is 3. The van der Waals surface area contributed by atoms with Crippen molar-refractivity contribution in [3.05, 3.63) is 211 Å². The van der Waals surface area contributed by atoms with Crippen molar-refractivity contribution in [1.29, 1.82) is 0 Å². The van der Waals surface area contributed by atoms with Crippen LogP contribution in [0, 0.1) is 12.8 Å². The van der Waals surface area contributed by atoms with Crippen LogP contribution in [0.4, 0.5) is 28.4 Å². The molecule has 1 aromatic heterocycles. The SMILES string of the molecule is CC(=O)N1CCNCC1.CCN(CC)c1ccc(N)cc1.CCOC(=O)CCN.CNC.Cc1ccccc1N.NC(=O)C1CCCN1.NC(=O)C1CCNCC1.NCCCn1ccnc1.NCCNC(=O)Cc1cccc2ccccc12.Nc1ccc(S(N)(=O)=O)cc1.c1ccc(N2CCNCC2)cc1.c1ccc2c(c1)CCNC2. The molecule has 30 heteroatoms. The van der Waals surface area contributed by atoms with Gasteiger partial charge in [-0.3, -0.25) is 24.0 Å². The summed E-state index contributed by atoms with van der Waals surface area (Å²) in [6.45, 7) is 28.4. The van der Waals surface area contributed by atoms with Crippen LogP contribution in [0.3, 0.4) is 0 Å². The number of carbonyl (C=O) groups excluding carboxylic acids is 5. The van der Waals surface area contributed by atoms with E-state index in [-0.39, 0.29) is 46.5 Å². The number of sulfonamides is 1. The Kier molecular flexibility index (Phi) is 55.5. The summed E-state index contributed by atoms with van der Waals surface area (Å²) in [4.78, 5) is 64.1. The Morgan fingerprint density at radius 1 is 0.621 bits per heavy atom. The Bertz CT molecular complexity index is 3900. The molecule has 4 amide bonds. The minimum absolute atomic E-state index is 0.0202. The Hall–Kier alpha value is -10.1. The number of para-hydroxylation sites is 2. The van der Waals surface area contributed by atoms with Gasteiger partial charge in [0.1, 0.15) is 0 Å². The summed E-state index contributed by atoms with van der Waals surface area (Å²) >= 11 is 0. The zero-order chi connectivity index (χ0) is 85.6. The average molecular weight is 1630 g/mol. The molecular weight excluding hydrogens is 1490 g/mol. The molecule has 13 rings (SSSR count). The molecule has 25 N–H and O–H groups in total. The molecule has 0 bridgehead atoms. The van der Waals surface area contributed by atoms with Crippen molar-refractivity contribution in [3.63, 3.8) is 0 Å². The molecule has 1 unspecified atom stereocenters. The van der Waals surface area contributed by atoms with Gasteiger partial charge >= 0.3 is 5.97 Å². The number of rotatable bonds is 17. The molecule has 4 fully saturated rings.